The zero-order valence-corrected chi connectivity index (χ0v) is 10.4. The first kappa shape index (κ1) is 13.7. The van der Waals surface area contributed by atoms with E-state index in [-0.39, 0.29) is 6.42 Å². The predicted octanol–water partition coefficient (Wildman–Crippen LogP) is 3.21. The fourth-order valence-electron chi connectivity index (χ4n) is 2.67. The zero-order valence-electron chi connectivity index (χ0n) is 8.04. The van der Waals surface area contributed by atoms with E-state index in [1.165, 1.54) is 0 Å². The van der Waals surface area contributed by atoms with E-state index in [1.54, 1.807) is 5.32 Å². The van der Waals surface area contributed by atoms with Gasteiger partial charge in [0.15, 0.2) is 0 Å². The third kappa shape index (κ3) is 1.63. The number of hydrogen-bond donors (Lipinski definition) is 1. The van der Waals surface area contributed by atoms with Crippen LogP contribution in [0.15, 0.2) is 0 Å². The van der Waals surface area contributed by atoms with Crippen molar-refractivity contribution < 1.29 is 26.3 Å². The lowest BCUT2D eigenvalue weighted by atomic mass is 9.82. The van der Waals surface area contributed by atoms with Gasteiger partial charge in [0.25, 0.3) is 0 Å². The summed E-state index contributed by atoms with van der Waals surface area (Å²) in [5.74, 6) is -1.70. The van der Waals surface area contributed by atoms with E-state index in [0.29, 0.717) is 0 Å². The van der Waals surface area contributed by atoms with Crippen molar-refractivity contribution in [3.05, 3.63) is 0 Å². The number of rotatable bonds is 0. The fraction of sp³-hybridized carbons (Fsp3) is 1.00. The maximum absolute atomic E-state index is 12.8. The Hall–Kier alpha value is 0.310. The number of hydrogen-bond acceptors (Lipinski definition) is 1. The van der Waals surface area contributed by atoms with Gasteiger partial charge in [-0.2, -0.15) is 26.3 Å². The standard InChI is InChI=1S/C8H7BrClF6N/c9-3-1-2-4(10)5(3)17-6(2,7(11,12)13)8(14,15)16/h2-5,17H,1H2/t2-,3+,4-,5+/m0/s1. The molecule has 100 valence electrons. The molecule has 1 saturated heterocycles. The Morgan fingerprint density at radius 1 is 1.12 bits per heavy atom. The van der Waals surface area contributed by atoms with Crippen molar-refractivity contribution in [2.75, 3.05) is 0 Å². The third-order valence-corrected chi connectivity index (χ3v) is 4.96. The summed E-state index contributed by atoms with van der Waals surface area (Å²) in [7, 11) is 0. The van der Waals surface area contributed by atoms with Crippen LogP contribution in [0.25, 0.3) is 0 Å². The van der Waals surface area contributed by atoms with E-state index in [9.17, 15) is 26.3 Å². The molecule has 4 atom stereocenters. The van der Waals surface area contributed by atoms with Crippen LogP contribution in [-0.4, -0.2) is 34.1 Å². The highest BCUT2D eigenvalue weighted by atomic mass is 79.9. The van der Waals surface area contributed by atoms with E-state index in [4.69, 9.17) is 11.6 Å². The van der Waals surface area contributed by atoms with Crippen molar-refractivity contribution in [2.24, 2.45) is 5.92 Å². The van der Waals surface area contributed by atoms with Gasteiger partial charge in [-0.15, -0.1) is 11.6 Å². The summed E-state index contributed by atoms with van der Waals surface area (Å²) in [6.45, 7) is 0. The predicted molar refractivity (Wildman–Crippen MR) is 52.2 cm³/mol. The SMILES string of the molecule is FC(F)(F)C1(C(F)(F)F)N[C@H]2[C@@H](Cl)[C@@H]1C[C@H]2Br. The van der Waals surface area contributed by atoms with Crippen molar-refractivity contribution in [3.8, 4) is 0 Å². The Labute approximate surface area is 106 Å². The Bertz CT molecular complexity index is 315. The van der Waals surface area contributed by atoms with Gasteiger partial charge in [0.1, 0.15) is 0 Å². The number of nitrogens with one attached hydrogen (secondary N) is 1. The lowest BCUT2D eigenvalue weighted by molar-refractivity contribution is -0.318. The summed E-state index contributed by atoms with van der Waals surface area (Å²) in [6.07, 6.45) is -11.1. The van der Waals surface area contributed by atoms with Crippen LogP contribution in [0.1, 0.15) is 6.42 Å². The highest BCUT2D eigenvalue weighted by molar-refractivity contribution is 9.09. The molecular weight excluding hydrogens is 339 g/mol. The molecule has 1 nitrogen and oxygen atoms in total. The summed E-state index contributed by atoms with van der Waals surface area (Å²) >= 11 is 8.71. The first-order chi connectivity index (χ1) is 7.52. The molecule has 1 heterocycles. The van der Waals surface area contributed by atoms with Gasteiger partial charge in [0.05, 0.1) is 5.38 Å². The summed E-state index contributed by atoms with van der Waals surface area (Å²) in [5.41, 5.74) is -3.87. The second-order valence-corrected chi connectivity index (χ2v) is 5.96. The van der Waals surface area contributed by atoms with Crippen LogP contribution in [0.5, 0.6) is 0 Å². The molecule has 2 rings (SSSR count). The van der Waals surface area contributed by atoms with Gasteiger partial charge in [-0.1, -0.05) is 15.9 Å². The molecule has 0 radical (unpaired) electrons. The quantitative estimate of drug-likeness (QED) is 0.525. The number of fused-ring (bicyclic) bond motifs is 2. The molecule has 1 aliphatic heterocycles. The zero-order chi connectivity index (χ0) is 13.2. The monoisotopic (exact) mass is 345 g/mol. The van der Waals surface area contributed by atoms with E-state index >= 15 is 0 Å². The normalized spacial score (nSPS) is 40.9. The molecule has 1 N–H and O–H groups in total. The van der Waals surface area contributed by atoms with E-state index in [1.807, 2.05) is 0 Å². The lowest BCUT2D eigenvalue weighted by Gasteiger charge is -2.41. The van der Waals surface area contributed by atoms with Crippen LogP contribution in [0.2, 0.25) is 0 Å². The van der Waals surface area contributed by atoms with Gasteiger partial charge in [-0.3, -0.25) is 5.32 Å². The van der Waals surface area contributed by atoms with Crippen LogP contribution in [0.3, 0.4) is 0 Å². The summed E-state index contributed by atoms with van der Waals surface area (Å²) in [5, 5.41) is 0.476. The van der Waals surface area contributed by atoms with Gasteiger partial charge >= 0.3 is 12.4 Å². The van der Waals surface area contributed by atoms with Crippen LogP contribution >= 0.6 is 27.5 Å². The number of piperidine rings is 1. The Kier molecular flexibility index (Phi) is 2.96. The fourth-order valence-corrected chi connectivity index (χ4v) is 4.24. The van der Waals surface area contributed by atoms with Gasteiger partial charge in [-0.05, 0) is 6.42 Å². The molecule has 17 heavy (non-hydrogen) atoms. The molecule has 2 fully saturated rings. The summed E-state index contributed by atoms with van der Waals surface area (Å²) in [4.78, 5) is -0.465. The summed E-state index contributed by atoms with van der Waals surface area (Å²) < 4.78 is 76.9. The third-order valence-electron chi connectivity index (χ3n) is 3.44. The largest absolute Gasteiger partial charge is 0.415 e. The van der Waals surface area contributed by atoms with Crippen molar-refractivity contribution in [1.29, 1.82) is 0 Å². The minimum absolute atomic E-state index is 0.245. The highest BCUT2D eigenvalue weighted by Crippen LogP contribution is 2.59. The minimum Gasteiger partial charge on any atom is -0.290 e. The Morgan fingerprint density at radius 3 is 1.82 bits per heavy atom. The Balaban J connectivity index is 2.48. The molecule has 9 heteroatoms. The van der Waals surface area contributed by atoms with Crippen LogP contribution in [0.4, 0.5) is 26.3 Å². The van der Waals surface area contributed by atoms with Gasteiger partial charge in [0.2, 0.25) is 5.54 Å². The molecule has 1 aliphatic carbocycles. The minimum atomic E-state index is -5.41. The second kappa shape index (κ2) is 3.66. The molecule has 0 aromatic rings. The molecule has 0 aromatic carbocycles. The van der Waals surface area contributed by atoms with Gasteiger partial charge in [-0.25, -0.2) is 0 Å². The molecular formula is C8H7BrClF6N. The van der Waals surface area contributed by atoms with Crippen molar-refractivity contribution in [2.45, 2.75) is 40.6 Å². The number of halogens is 8. The molecule has 0 spiro atoms. The smallest absolute Gasteiger partial charge is 0.290 e. The van der Waals surface area contributed by atoms with Crippen molar-refractivity contribution >= 4 is 27.5 Å². The van der Waals surface area contributed by atoms with Crippen molar-refractivity contribution in [3.63, 3.8) is 0 Å². The van der Waals surface area contributed by atoms with Crippen molar-refractivity contribution in [1.82, 2.24) is 5.32 Å². The van der Waals surface area contributed by atoms with E-state index in [0.717, 1.165) is 0 Å². The average molecular weight is 346 g/mol. The molecule has 1 saturated carbocycles. The lowest BCUT2D eigenvalue weighted by Crippen LogP contribution is -2.70. The van der Waals surface area contributed by atoms with E-state index < -0.39 is 40.1 Å². The summed E-state index contributed by atoms with van der Waals surface area (Å²) in [6, 6.07) is -1.02. The molecule has 0 unspecified atom stereocenters. The molecule has 0 amide bonds. The highest BCUT2D eigenvalue weighted by Gasteiger charge is 2.81. The molecule has 2 bridgehead atoms. The maximum atomic E-state index is 12.8. The average Bonchev–Trinajstić information content (AvgIpc) is 2.53. The first-order valence-corrected chi connectivity index (χ1v) is 6.07. The Morgan fingerprint density at radius 2 is 1.59 bits per heavy atom. The molecule has 0 aromatic heterocycles. The second-order valence-electron chi connectivity index (χ2n) is 4.28. The van der Waals surface area contributed by atoms with E-state index in [2.05, 4.69) is 15.9 Å². The topological polar surface area (TPSA) is 12.0 Å². The van der Waals surface area contributed by atoms with Crippen LogP contribution < -0.4 is 5.32 Å². The molecule has 2 aliphatic rings. The van der Waals surface area contributed by atoms with Gasteiger partial charge in [0, 0.05) is 16.8 Å². The van der Waals surface area contributed by atoms with Gasteiger partial charge < -0.3 is 0 Å². The first-order valence-electron chi connectivity index (χ1n) is 4.71. The maximum Gasteiger partial charge on any atom is 0.415 e. The van der Waals surface area contributed by atoms with Crippen LogP contribution in [-0.2, 0) is 0 Å². The number of alkyl halides is 8. The van der Waals surface area contributed by atoms with Crippen LogP contribution in [0, 0.1) is 5.92 Å².